The number of thiophene rings is 1. The van der Waals surface area contributed by atoms with E-state index in [2.05, 4.69) is 39.7 Å². The average Bonchev–Trinajstić information content (AvgIpc) is 2.79. The first-order chi connectivity index (χ1) is 9.67. The van der Waals surface area contributed by atoms with E-state index in [0.29, 0.717) is 5.95 Å². The third-order valence-electron chi connectivity index (χ3n) is 3.72. The van der Waals surface area contributed by atoms with Crippen LogP contribution in [0.4, 0.5) is 11.8 Å². The molecule has 0 amide bonds. The minimum Gasteiger partial charge on any atom is -0.368 e. The van der Waals surface area contributed by atoms with Crippen molar-refractivity contribution in [3.05, 3.63) is 10.9 Å². The maximum Gasteiger partial charge on any atom is 0.223 e. The molecule has 2 N–H and O–H groups in total. The molecule has 108 valence electrons. The summed E-state index contributed by atoms with van der Waals surface area (Å²) in [4.78, 5) is 15.9. The van der Waals surface area contributed by atoms with Crippen molar-refractivity contribution in [2.75, 3.05) is 43.4 Å². The lowest BCUT2D eigenvalue weighted by Crippen LogP contribution is -2.46. The summed E-state index contributed by atoms with van der Waals surface area (Å²) in [7, 11) is 0. The lowest BCUT2D eigenvalue weighted by atomic mass is 10.2. The first kappa shape index (κ1) is 13.6. The van der Waals surface area contributed by atoms with Gasteiger partial charge in [-0.25, -0.2) is 4.98 Å². The van der Waals surface area contributed by atoms with Crippen LogP contribution in [-0.4, -0.2) is 47.6 Å². The van der Waals surface area contributed by atoms with Gasteiger partial charge in [-0.2, -0.15) is 4.98 Å². The average molecular weight is 291 g/mol. The third kappa shape index (κ3) is 2.58. The summed E-state index contributed by atoms with van der Waals surface area (Å²) < 4.78 is 0. The quantitative estimate of drug-likeness (QED) is 0.938. The van der Waals surface area contributed by atoms with Crippen molar-refractivity contribution < 1.29 is 0 Å². The molecule has 3 heterocycles. The monoisotopic (exact) mass is 291 g/mol. The van der Waals surface area contributed by atoms with Crippen molar-refractivity contribution in [1.29, 1.82) is 0 Å². The zero-order valence-electron chi connectivity index (χ0n) is 12.1. The number of hydrogen-bond donors (Lipinski definition) is 1. The van der Waals surface area contributed by atoms with E-state index in [4.69, 9.17) is 5.73 Å². The third-order valence-corrected chi connectivity index (χ3v) is 4.67. The minimum atomic E-state index is 0.380. The van der Waals surface area contributed by atoms with Crippen LogP contribution in [0.15, 0.2) is 6.07 Å². The number of piperazine rings is 1. The fourth-order valence-electron chi connectivity index (χ4n) is 2.78. The Labute approximate surface area is 123 Å². The summed E-state index contributed by atoms with van der Waals surface area (Å²) in [5.74, 6) is 1.39. The smallest absolute Gasteiger partial charge is 0.223 e. The van der Waals surface area contributed by atoms with E-state index in [9.17, 15) is 0 Å². The largest absolute Gasteiger partial charge is 0.368 e. The fourth-order valence-corrected chi connectivity index (χ4v) is 3.66. The minimum absolute atomic E-state index is 0.380. The molecule has 1 aliphatic rings. The molecule has 2 aromatic rings. The lowest BCUT2D eigenvalue weighted by molar-refractivity contribution is 0.258. The summed E-state index contributed by atoms with van der Waals surface area (Å²) in [6.07, 6.45) is 1.22. The van der Waals surface area contributed by atoms with Crippen LogP contribution in [0, 0.1) is 6.92 Å². The van der Waals surface area contributed by atoms with Crippen LogP contribution in [0.3, 0.4) is 0 Å². The van der Waals surface area contributed by atoms with E-state index in [1.807, 2.05) is 0 Å². The van der Waals surface area contributed by atoms with Gasteiger partial charge in [0.15, 0.2) is 0 Å². The van der Waals surface area contributed by atoms with Crippen LogP contribution in [0.2, 0.25) is 0 Å². The van der Waals surface area contributed by atoms with E-state index in [1.54, 1.807) is 11.3 Å². The molecule has 0 spiro atoms. The maximum absolute atomic E-state index is 5.86. The van der Waals surface area contributed by atoms with Gasteiger partial charge in [0, 0.05) is 31.1 Å². The van der Waals surface area contributed by atoms with Crippen molar-refractivity contribution in [3.8, 4) is 0 Å². The Balaban J connectivity index is 1.87. The molecule has 0 bridgehead atoms. The maximum atomic E-state index is 5.86. The molecule has 0 unspecified atom stereocenters. The topological polar surface area (TPSA) is 58.3 Å². The number of aryl methyl sites for hydroxylation is 1. The number of hydrogen-bond acceptors (Lipinski definition) is 6. The Morgan fingerprint density at radius 3 is 2.70 bits per heavy atom. The molecule has 20 heavy (non-hydrogen) atoms. The number of fused-ring (bicyclic) bond motifs is 1. The van der Waals surface area contributed by atoms with Crippen molar-refractivity contribution >= 4 is 33.3 Å². The van der Waals surface area contributed by atoms with E-state index in [-0.39, 0.29) is 0 Å². The van der Waals surface area contributed by atoms with E-state index >= 15 is 0 Å². The molecule has 5 nitrogen and oxygen atoms in total. The molecular weight excluding hydrogens is 270 g/mol. The molecule has 6 heteroatoms. The van der Waals surface area contributed by atoms with Gasteiger partial charge in [0.2, 0.25) is 5.95 Å². The van der Waals surface area contributed by atoms with Gasteiger partial charge in [0.1, 0.15) is 10.6 Å². The van der Waals surface area contributed by atoms with Crippen LogP contribution in [-0.2, 0) is 0 Å². The Hall–Kier alpha value is -1.40. The molecule has 0 radical (unpaired) electrons. The summed E-state index contributed by atoms with van der Waals surface area (Å²) in [6, 6.07) is 2.17. The second-order valence-corrected chi connectivity index (χ2v) is 6.54. The zero-order valence-corrected chi connectivity index (χ0v) is 12.9. The van der Waals surface area contributed by atoms with Gasteiger partial charge < -0.3 is 10.6 Å². The Bertz CT molecular complexity index is 601. The van der Waals surface area contributed by atoms with Gasteiger partial charge >= 0.3 is 0 Å². The highest BCUT2D eigenvalue weighted by molar-refractivity contribution is 7.18. The van der Waals surface area contributed by atoms with E-state index in [1.165, 1.54) is 17.8 Å². The van der Waals surface area contributed by atoms with Crippen molar-refractivity contribution in [1.82, 2.24) is 14.9 Å². The molecule has 0 atom stereocenters. The molecule has 0 aliphatic carbocycles. The molecule has 0 saturated carbocycles. The highest BCUT2D eigenvalue weighted by Gasteiger charge is 2.20. The Morgan fingerprint density at radius 1 is 1.25 bits per heavy atom. The van der Waals surface area contributed by atoms with Gasteiger partial charge in [0.25, 0.3) is 0 Å². The Morgan fingerprint density at radius 2 is 2.00 bits per heavy atom. The zero-order chi connectivity index (χ0) is 14.1. The Kier molecular flexibility index (Phi) is 3.76. The van der Waals surface area contributed by atoms with E-state index in [0.717, 1.165) is 42.2 Å². The molecule has 3 rings (SSSR count). The normalized spacial score (nSPS) is 17.0. The van der Waals surface area contributed by atoms with Crippen LogP contribution in [0.25, 0.3) is 10.2 Å². The standard InChI is InChI=1S/C14H21N5S/c1-3-4-18-5-7-19(8-6-18)12-11-9-10(2)20-13(11)17-14(15)16-12/h9H,3-8H2,1-2H3,(H2,15,16,17). The lowest BCUT2D eigenvalue weighted by Gasteiger charge is -2.35. The fraction of sp³-hybridized carbons (Fsp3) is 0.571. The van der Waals surface area contributed by atoms with Gasteiger partial charge in [-0.1, -0.05) is 6.92 Å². The number of rotatable bonds is 3. The number of anilines is 2. The number of nitrogen functional groups attached to an aromatic ring is 1. The number of aromatic nitrogens is 2. The molecule has 2 aromatic heterocycles. The second kappa shape index (κ2) is 5.54. The predicted octanol–water partition coefficient (Wildman–Crippen LogP) is 2.11. The first-order valence-electron chi connectivity index (χ1n) is 7.18. The molecular formula is C14H21N5S. The van der Waals surface area contributed by atoms with Gasteiger partial charge in [-0.15, -0.1) is 11.3 Å². The first-order valence-corrected chi connectivity index (χ1v) is 8.00. The molecule has 1 saturated heterocycles. The van der Waals surface area contributed by atoms with Gasteiger partial charge in [-0.05, 0) is 26.0 Å². The van der Waals surface area contributed by atoms with Gasteiger partial charge in [-0.3, -0.25) is 4.90 Å². The van der Waals surface area contributed by atoms with Crippen molar-refractivity contribution in [2.24, 2.45) is 0 Å². The number of nitrogens with zero attached hydrogens (tertiary/aromatic N) is 4. The van der Waals surface area contributed by atoms with E-state index < -0.39 is 0 Å². The summed E-state index contributed by atoms with van der Waals surface area (Å²) in [5, 5.41) is 1.14. The summed E-state index contributed by atoms with van der Waals surface area (Å²) in [5.41, 5.74) is 5.86. The highest BCUT2D eigenvalue weighted by atomic mass is 32.1. The van der Waals surface area contributed by atoms with Gasteiger partial charge in [0.05, 0.1) is 5.39 Å². The number of nitrogens with two attached hydrogens (primary N) is 1. The molecule has 1 aliphatic heterocycles. The van der Waals surface area contributed by atoms with Crippen molar-refractivity contribution in [2.45, 2.75) is 20.3 Å². The van der Waals surface area contributed by atoms with Crippen molar-refractivity contribution in [3.63, 3.8) is 0 Å². The van der Waals surface area contributed by atoms with Crippen LogP contribution in [0.5, 0.6) is 0 Å². The molecule has 0 aromatic carbocycles. The summed E-state index contributed by atoms with van der Waals surface area (Å²) in [6.45, 7) is 9.75. The second-order valence-electron chi connectivity index (χ2n) is 5.31. The predicted molar refractivity (Wildman–Crippen MR) is 85.5 cm³/mol. The van der Waals surface area contributed by atoms with Crippen LogP contribution < -0.4 is 10.6 Å². The van der Waals surface area contributed by atoms with Crippen LogP contribution >= 0.6 is 11.3 Å². The van der Waals surface area contributed by atoms with Crippen LogP contribution in [0.1, 0.15) is 18.2 Å². The SMILES string of the molecule is CCCN1CCN(c2nc(N)nc3sc(C)cc23)CC1. The molecule has 1 fully saturated rings. The summed E-state index contributed by atoms with van der Waals surface area (Å²) >= 11 is 1.68. The highest BCUT2D eigenvalue weighted by Crippen LogP contribution is 2.31.